The monoisotopic (exact) mass is 299 g/mol. The highest BCUT2D eigenvalue weighted by Crippen LogP contribution is 2.25. The molecule has 3 rings (SSSR count). The van der Waals surface area contributed by atoms with Crippen LogP contribution in [0.3, 0.4) is 0 Å². The molecular weight excluding hydrogens is 274 g/mol. The van der Waals surface area contributed by atoms with E-state index in [1.54, 1.807) is 6.20 Å². The van der Waals surface area contributed by atoms with Gasteiger partial charge in [0.2, 0.25) is 0 Å². The average molecular weight is 299 g/mol. The Labute approximate surface area is 132 Å². The van der Waals surface area contributed by atoms with Crippen molar-refractivity contribution >= 4 is 0 Å². The zero-order valence-electron chi connectivity index (χ0n) is 13.6. The first kappa shape index (κ1) is 15.2. The quantitative estimate of drug-likeness (QED) is 0.851. The molecule has 0 atom stereocenters. The number of likely N-dealkylation sites (tertiary alicyclic amines) is 1. The average Bonchev–Trinajstić information content (AvgIpc) is 2.99. The van der Waals surface area contributed by atoms with Gasteiger partial charge in [0.25, 0.3) is 0 Å². The molecule has 118 valence electrons. The summed E-state index contributed by atoms with van der Waals surface area (Å²) >= 11 is 0. The van der Waals surface area contributed by atoms with E-state index in [2.05, 4.69) is 40.0 Å². The number of nitrogens with zero attached hydrogens (tertiary/aromatic N) is 5. The molecule has 5 heteroatoms. The first-order valence-electron chi connectivity index (χ1n) is 8.28. The summed E-state index contributed by atoms with van der Waals surface area (Å²) in [6.45, 7) is 5.47. The van der Waals surface area contributed by atoms with Crippen LogP contribution in [-0.4, -0.2) is 44.8 Å². The van der Waals surface area contributed by atoms with Crippen LogP contribution < -0.4 is 0 Å². The molecule has 1 aliphatic rings. The van der Waals surface area contributed by atoms with Gasteiger partial charge in [-0.05, 0) is 57.8 Å². The lowest BCUT2D eigenvalue weighted by atomic mass is 9.91. The van der Waals surface area contributed by atoms with Crippen molar-refractivity contribution in [3.8, 4) is 11.4 Å². The van der Waals surface area contributed by atoms with Crippen LogP contribution in [0.1, 0.15) is 31.9 Å². The van der Waals surface area contributed by atoms with Gasteiger partial charge < -0.3 is 4.90 Å². The molecular formula is C17H25N5. The number of hydrogen-bond acceptors (Lipinski definition) is 4. The molecule has 0 radical (unpaired) electrons. The molecule has 0 N–H and O–H groups in total. The Morgan fingerprint density at radius 2 is 1.91 bits per heavy atom. The molecule has 5 nitrogen and oxygen atoms in total. The molecule has 1 fully saturated rings. The number of aryl methyl sites for hydroxylation is 1. The van der Waals surface area contributed by atoms with E-state index in [0.717, 1.165) is 36.5 Å². The van der Waals surface area contributed by atoms with Gasteiger partial charge in [0, 0.05) is 25.1 Å². The van der Waals surface area contributed by atoms with Gasteiger partial charge in [-0.15, -0.1) is 0 Å². The van der Waals surface area contributed by atoms with Crippen molar-refractivity contribution in [3.05, 3.63) is 30.4 Å². The van der Waals surface area contributed by atoms with Crippen molar-refractivity contribution in [1.82, 2.24) is 24.6 Å². The van der Waals surface area contributed by atoms with Crippen LogP contribution >= 0.6 is 0 Å². The Morgan fingerprint density at radius 3 is 2.68 bits per heavy atom. The molecule has 0 bridgehead atoms. The van der Waals surface area contributed by atoms with Crippen LogP contribution in [0.25, 0.3) is 11.4 Å². The largest absolute Gasteiger partial charge is 0.306 e. The lowest BCUT2D eigenvalue weighted by Crippen LogP contribution is -2.31. The minimum absolute atomic E-state index is 0.717. The van der Waals surface area contributed by atoms with Gasteiger partial charge in [0.05, 0.1) is 11.4 Å². The third-order valence-electron chi connectivity index (χ3n) is 4.49. The Bertz CT molecular complexity index is 599. The maximum Gasteiger partial charge on any atom is 0.110 e. The summed E-state index contributed by atoms with van der Waals surface area (Å²) in [4.78, 5) is 11.6. The minimum atomic E-state index is 0.717. The highest BCUT2D eigenvalue weighted by molar-refractivity contribution is 5.56. The smallest absolute Gasteiger partial charge is 0.110 e. The molecule has 2 aromatic rings. The highest BCUT2D eigenvalue weighted by atomic mass is 15.3. The minimum Gasteiger partial charge on any atom is -0.306 e. The maximum atomic E-state index is 4.63. The normalized spacial score (nSPS) is 17.0. The first-order valence-corrected chi connectivity index (χ1v) is 8.28. The summed E-state index contributed by atoms with van der Waals surface area (Å²) in [6, 6.07) is 2.05. The van der Waals surface area contributed by atoms with Crippen molar-refractivity contribution in [2.45, 2.75) is 39.2 Å². The van der Waals surface area contributed by atoms with E-state index in [1.165, 1.54) is 25.9 Å². The molecule has 3 heterocycles. The van der Waals surface area contributed by atoms with Gasteiger partial charge in [-0.3, -0.25) is 14.6 Å². The molecule has 1 aliphatic heterocycles. The summed E-state index contributed by atoms with van der Waals surface area (Å²) in [5.74, 6) is 0.717. The van der Waals surface area contributed by atoms with Crippen LogP contribution in [0.4, 0.5) is 0 Å². The fraction of sp³-hybridized carbons (Fsp3) is 0.588. The van der Waals surface area contributed by atoms with E-state index < -0.39 is 0 Å². The number of aromatic nitrogens is 4. The molecule has 22 heavy (non-hydrogen) atoms. The van der Waals surface area contributed by atoms with E-state index in [9.17, 15) is 0 Å². The molecule has 0 amide bonds. The Hall–Kier alpha value is -1.75. The van der Waals surface area contributed by atoms with Crippen molar-refractivity contribution < 1.29 is 0 Å². The predicted molar refractivity (Wildman–Crippen MR) is 87.5 cm³/mol. The molecule has 0 aliphatic carbocycles. The van der Waals surface area contributed by atoms with Crippen LogP contribution in [0.5, 0.6) is 0 Å². The number of hydrogen-bond donors (Lipinski definition) is 0. The van der Waals surface area contributed by atoms with Crippen molar-refractivity contribution in [2.24, 2.45) is 5.92 Å². The summed E-state index contributed by atoms with van der Waals surface area (Å²) in [5.41, 5.74) is 3.22. The molecule has 0 spiro atoms. The second-order valence-electron chi connectivity index (χ2n) is 6.24. The lowest BCUT2D eigenvalue weighted by Gasteiger charge is -2.28. The third kappa shape index (κ3) is 3.35. The number of rotatable bonds is 5. The summed E-state index contributed by atoms with van der Waals surface area (Å²) in [7, 11) is 2.20. The topological polar surface area (TPSA) is 46.8 Å². The SMILES string of the molecule is CCCn1nccc1-c1nccnc1CC1CCN(C)CC1. The lowest BCUT2D eigenvalue weighted by molar-refractivity contribution is 0.218. The van der Waals surface area contributed by atoms with Gasteiger partial charge in [-0.1, -0.05) is 6.92 Å². The summed E-state index contributed by atoms with van der Waals surface area (Å²) < 4.78 is 2.04. The van der Waals surface area contributed by atoms with E-state index in [-0.39, 0.29) is 0 Å². The molecule has 0 aromatic carbocycles. The predicted octanol–water partition coefficient (Wildman–Crippen LogP) is 2.63. The zero-order valence-corrected chi connectivity index (χ0v) is 13.6. The molecule has 0 saturated carbocycles. The maximum absolute atomic E-state index is 4.63. The van der Waals surface area contributed by atoms with Crippen LogP contribution in [0.2, 0.25) is 0 Å². The Morgan fingerprint density at radius 1 is 1.14 bits per heavy atom. The van der Waals surface area contributed by atoms with Gasteiger partial charge >= 0.3 is 0 Å². The second kappa shape index (κ2) is 7.01. The Kier molecular flexibility index (Phi) is 4.83. The summed E-state index contributed by atoms with van der Waals surface area (Å²) in [5, 5.41) is 4.42. The van der Waals surface area contributed by atoms with E-state index in [1.807, 2.05) is 17.1 Å². The molecule has 2 aromatic heterocycles. The van der Waals surface area contributed by atoms with E-state index in [0.29, 0.717) is 5.92 Å². The fourth-order valence-electron chi connectivity index (χ4n) is 3.19. The highest BCUT2D eigenvalue weighted by Gasteiger charge is 2.20. The van der Waals surface area contributed by atoms with Gasteiger partial charge in [0.15, 0.2) is 0 Å². The van der Waals surface area contributed by atoms with Crippen LogP contribution in [0, 0.1) is 5.92 Å². The van der Waals surface area contributed by atoms with Crippen molar-refractivity contribution in [2.75, 3.05) is 20.1 Å². The fourth-order valence-corrected chi connectivity index (χ4v) is 3.19. The van der Waals surface area contributed by atoms with Gasteiger partial charge in [-0.2, -0.15) is 5.10 Å². The van der Waals surface area contributed by atoms with Crippen molar-refractivity contribution in [3.63, 3.8) is 0 Å². The number of piperidine rings is 1. The van der Waals surface area contributed by atoms with Crippen LogP contribution in [-0.2, 0) is 13.0 Å². The van der Waals surface area contributed by atoms with Gasteiger partial charge in [-0.25, -0.2) is 0 Å². The van der Waals surface area contributed by atoms with E-state index >= 15 is 0 Å². The zero-order chi connectivity index (χ0) is 15.4. The van der Waals surface area contributed by atoms with Crippen molar-refractivity contribution in [1.29, 1.82) is 0 Å². The molecule has 1 saturated heterocycles. The second-order valence-corrected chi connectivity index (χ2v) is 6.24. The third-order valence-corrected chi connectivity index (χ3v) is 4.49. The first-order chi connectivity index (χ1) is 10.8. The van der Waals surface area contributed by atoms with E-state index in [4.69, 9.17) is 0 Å². The van der Waals surface area contributed by atoms with Gasteiger partial charge in [0.1, 0.15) is 5.69 Å². The Balaban J connectivity index is 1.82. The standard InChI is InChI=1S/C17H25N5/c1-3-10-22-16(4-7-20-22)17-15(18-8-9-19-17)13-14-5-11-21(2)12-6-14/h4,7-9,14H,3,5-6,10-13H2,1-2H3. The summed E-state index contributed by atoms with van der Waals surface area (Å²) in [6.07, 6.45) is 10.1. The van der Waals surface area contributed by atoms with Crippen LogP contribution in [0.15, 0.2) is 24.7 Å². The molecule has 0 unspecified atom stereocenters.